The number of rotatable bonds is 12. The maximum Gasteiger partial charge on any atom is 0.407 e. The lowest BCUT2D eigenvalue weighted by atomic mass is 9.91. The van der Waals surface area contributed by atoms with E-state index in [4.69, 9.17) is 19.4 Å². The highest BCUT2D eigenvalue weighted by atomic mass is 16.6. The summed E-state index contributed by atoms with van der Waals surface area (Å²) in [4.78, 5) is 83.7. The van der Waals surface area contributed by atoms with E-state index in [1.165, 1.54) is 14.2 Å². The number of benzene rings is 3. The van der Waals surface area contributed by atoms with Gasteiger partial charge in [0.15, 0.2) is 0 Å². The number of carbonyl (C=O) groups is 4. The minimum Gasteiger partial charge on any atom is -0.469 e. The number of alkyl carbamates (subject to hydrolysis) is 1. The first-order valence-electron chi connectivity index (χ1n) is 20.1. The molecule has 5 aromatic rings. The van der Waals surface area contributed by atoms with Gasteiger partial charge in [0.1, 0.15) is 17.7 Å². The highest BCUT2D eigenvalue weighted by molar-refractivity contribution is 5.89. The number of methoxy groups -OCH3 is 2. The number of nitro groups is 1. The van der Waals surface area contributed by atoms with E-state index >= 15 is 0 Å². The molecule has 16 heteroatoms. The second-order valence-corrected chi connectivity index (χ2v) is 16.1. The van der Waals surface area contributed by atoms with Gasteiger partial charge in [-0.3, -0.25) is 24.5 Å². The number of hydrogen-bond donors (Lipinski definition) is 3. The fourth-order valence-corrected chi connectivity index (χ4v) is 8.42. The largest absolute Gasteiger partial charge is 0.469 e. The zero-order chi connectivity index (χ0) is 42.1. The number of aromatic nitrogens is 4. The van der Waals surface area contributed by atoms with Crippen LogP contribution in [-0.4, -0.2) is 91.9 Å². The van der Waals surface area contributed by atoms with Crippen molar-refractivity contribution in [1.82, 2.24) is 35.1 Å². The Balaban J connectivity index is 1.13. The second kappa shape index (κ2) is 16.9. The normalized spacial score (nSPS) is 17.8. The van der Waals surface area contributed by atoms with Gasteiger partial charge in [0.05, 0.1) is 71.2 Å². The van der Waals surface area contributed by atoms with Crippen molar-refractivity contribution in [2.45, 2.75) is 77.9 Å². The maximum atomic E-state index is 13.7. The van der Waals surface area contributed by atoms with Gasteiger partial charge in [-0.25, -0.2) is 14.8 Å². The van der Waals surface area contributed by atoms with Gasteiger partial charge in [0, 0.05) is 19.2 Å². The number of hydrogen-bond acceptors (Lipinski definition) is 10. The van der Waals surface area contributed by atoms with E-state index in [0.717, 1.165) is 23.9 Å². The highest BCUT2D eigenvalue weighted by Crippen LogP contribution is 2.39. The molecule has 2 saturated heterocycles. The monoisotopic (exact) mass is 806 g/mol. The van der Waals surface area contributed by atoms with Crippen LogP contribution in [0.2, 0.25) is 0 Å². The molecule has 0 unspecified atom stereocenters. The molecule has 0 bridgehead atoms. The van der Waals surface area contributed by atoms with Gasteiger partial charge < -0.3 is 34.6 Å². The third-order valence-electron chi connectivity index (χ3n) is 11.7. The Morgan fingerprint density at radius 1 is 0.780 bits per heavy atom. The number of aromatic amines is 2. The van der Waals surface area contributed by atoms with Crippen LogP contribution in [0.3, 0.4) is 0 Å². The van der Waals surface area contributed by atoms with Crippen molar-refractivity contribution in [2.24, 2.45) is 17.8 Å². The van der Waals surface area contributed by atoms with Gasteiger partial charge in [-0.05, 0) is 84.5 Å². The number of nitrogens with zero attached hydrogens (tertiary/aromatic N) is 5. The van der Waals surface area contributed by atoms with Crippen molar-refractivity contribution >= 4 is 51.6 Å². The molecule has 3 aromatic carbocycles. The first kappa shape index (κ1) is 40.9. The fourth-order valence-electron chi connectivity index (χ4n) is 8.42. The van der Waals surface area contributed by atoms with Gasteiger partial charge in [-0.15, -0.1) is 0 Å². The summed E-state index contributed by atoms with van der Waals surface area (Å²) < 4.78 is 9.62. The maximum absolute atomic E-state index is 13.7. The summed E-state index contributed by atoms with van der Waals surface area (Å²) in [6.07, 6.45) is 2.35. The summed E-state index contributed by atoms with van der Waals surface area (Å²) in [6.45, 7) is 8.67. The molecule has 4 atom stereocenters. The summed E-state index contributed by atoms with van der Waals surface area (Å²) in [6, 6.07) is 14.9. The number of H-pyrrole nitrogens is 2. The third-order valence-corrected chi connectivity index (χ3v) is 11.7. The first-order valence-corrected chi connectivity index (χ1v) is 20.1. The average Bonchev–Trinajstić information content (AvgIpc) is 4.05. The van der Waals surface area contributed by atoms with Crippen LogP contribution in [0.25, 0.3) is 44.3 Å². The van der Waals surface area contributed by atoms with Crippen molar-refractivity contribution in [2.75, 3.05) is 27.3 Å². The number of likely N-dealkylation sites (tertiary alicyclic amines) is 2. The lowest BCUT2D eigenvalue weighted by Crippen LogP contribution is -2.51. The average molecular weight is 807 g/mol. The van der Waals surface area contributed by atoms with E-state index in [-0.39, 0.29) is 52.8 Å². The predicted octanol–water partition coefficient (Wildman–Crippen LogP) is 7.22. The van der Waals surface area contributed by atoms with Crippen molar-refractivity contribution in [3.8, 4) is 22.3 Å². The number of amides is 3. The minimum atomic E-state index is -0.749. The van der Waals surface area contributed by atoms with Crippen molar-refractivity contribution < 1.29 is 33.6 Å². The van der Waals surface area contributed by atoms with Crippen LogP contribution in [0.1, 0.15) is 83.5 Å². The molecule has 59 heavy (non-hydrogen) atoms. The standard InChI is InChI=1S/C43H50N8O8/c1-23(2)29(22-37(52)58-5)41(53)49-17-7-9-34(49)39-45-31-16-13-27(20-33(31)47-39)28-14-11-26(21-36(28)51(56)57)25-12-15-30-32(19-25)46-40(44-30)35-10-8-18-50(35)42(54)38(24(3)4)48-43(55)59-6/h11-16,19-21,23-24,29,34-35,38H,7-10,17-18,22H2,1-6H3,(H,44,46)(H,45,47)(H,48,55)/t29-,34-,35-,38-/m0/s1. The van der Waals surface area contributed by atoms with Crippen LogP contribution in [0, 0.1) is 27.9 Å². The van der Waals surface area contributed by atoms with Crippen LogP contribution >= 0.6 is 0 Å². The van der Waals surface area contributed by atoms with Crippen LogP contribution in [0.4, 0.5) is 10.5 Å². The molecule has 7 rings (SSSR count). The third kappa shape index (κ3) is 8.21. The van der Waals surface area contributed by atoms with Crippen LogP contribution in [0.5, 0.6) is 0 Å². The number of ether oxygens (including phenoxy) is 2. The molecule has 310 valence electrons. The smallest absolute Gasteiger partial charge is 0.407 e. The zero-order valence-corrected chi connectivity index (χ0v) is 34.1. The van der Waals surface area contributed by atoms with Crippen LogP contribution in [0.15, 0.2) is 54.6 Å². The molecule has 16 nitrogen and oxygen atoms in total. The predicted molar refractivity (Wildman–Crippen MR) is 220 cm³/mol. The molecule has 0 saturated carbocycles. The number of carbonyl (C=O) groups excluding carboxylic acids is 4. The van der Waals surface area contributed by atoms with E-state index in [1.54, 1.807) is 21.9 Å². The lowest BCUT2D eigenvalue weighted by molar-refractivity contribution is -0.384. The molecule has 2 aliphatic heterocycles. The van der Waals surface area contributed by atoms with Crippen molar-refractivity contribution in [3.05, 3.63) is 76.4 Å². The van der Waals surface area contributed by atoms with Crippen LogP contribution < -0.4 is 5.32 Å². The number of nitrogens with one attached hydrogen (secondary N) is 3. The summed E-state index contributed by atoms with van der Waals surface area (Å²) in [5.74, 6) is -0.183. The van der Waals surface area contributed by atoms with Crippen LogP contribution in [-0.2, 0) is 23.9 Å². The Labute approximate surface area is 341 Å². The molecule has 0 radical (unpaired) electrons. The second-order valence-electron chi connectivity index (χ2n) is 16.1. The zero-order valence-electron chi connectivity index (χ0n) is 34.1. The molecule has 2 aliphatic rings. The Bertz CT molecular complexity index is 2420. The number of nitro benzene ring substituents is 1. The summed E-state index contributed by atoms with van der Waals surface area (Å²) in [7, 11) is 2.58. The molecule has 3 N–H and O–H groups in total. The summed E-state index contributed by atoms with van der Waals surface area (Å²) in [5.41, 5.74) is 5.18. The van der Waals surface area contributed by atoms with Gasteiger partial charge >= 0.3 is 12.1 Å². The first-order chi connectivity index (χ1) is 28.3. The van der Waals surface area contributed by atoms with Gasteiger partial charge in [-0.1, -0.05) is 45.9 Å². The number of esters is 1. The highest BCUT2D eigenvalue weighted by Gasteiger charge is 2.39. The summed E-state index contributed by atoms with van der Waals surface area (Å²) in [5, 5.41) is 15.2. The Kier molecular flexibility index (Phi) is 11.7. The van der Waals surface area contributed by atoms with E-state index in [9.17, 15) is 29.3 Å². The van der Waals surface area contributed by atoms with Crippen molar-refractivity contribution in [1.29, 1.82) is 0 Å². The van der Waals surface area contributed by atoms with Gasteiger partial charge in [0.2, 0.25) is 11.8 Å². The topological polar surface area (TPSA) is 206 Å². The fraction of sp³-hybridized carbons (Fsp3) is 0.442. The quantitative estimate of drug-likeness (QED) is 0.0655. The molecule has 0 aliphatic carbocycles. The summed E-state index contributed by atoms with van der Waals surface area (Å²) >= 11 is 0. The minimum absolute atomic E-state index is 0.0114. The molecular formula is C43H50N8O8. The Morgan fingerprint density at radius 3 is 1.86 bits per heavy atom. The van der Waals surface area contributed by atoms with E-state index in [1.807, 2.05) is 70.2 Å². The Hall–Kier alpha value is -6.32. The number of fused-ring (bicyclic) bond motifs is 2. The van der Waals surface area contributed by atoms with E-state index in [2.05, 4.69) is 15.3 Å². The Morgan fingerprint density at radius 2 is 1.32 bits per heavy atom. The van der Waals surface area contributed by atoms with Crippen molar-refractivity contribution in [3.63, 3.8) is 0 Å². The lowest BCUT2D eigenvalue weighted by Gasteiger charge is -2.29. The molecule has 4 heterocycles. The van der Waals surface area contributed by atoms with Gasteiger partial charge in [0.25, 0.3) is 5.69 Å². The molecule has 2 fully saturated rings. The number of imidazole rings is 2. The molecular weight excluding hydrogens is 757 g/mol. The molecule has 2 aromatic heterocycles. The van der Waals surface area contributed by atoms with Gasteiger partial charge in [-0.2, -0.15) is 0 Å². The SMILES string of the molecule is COC(=O)C[C@H](C(=O)N1CCC[C@H]1c1nc2ccc(-c3ccc(-c4ccc5nc([C@@H]6CCCN6C(=O)[C@@H](NC(=O)OC)C(C)C)[nH]c5c4)cc3[N+](=O)[O-])cc2[nH]1)C(C)C. The van der Waals surface area contributed by atoms with E-state index < -0.39 is 24.0 Å². The van der Waals surface area contributed by atoms with E-state index in [0.29, 0.717) is 70.8 Å². The molecule has 3 amide bonds. The molecule has 0 spiro atoms.